The van der Waals surface area contributed by atoms with Crippen LogP contribution in [0.2, 0.25) is 5.02 Å². The molecule has 100 valence electrons. The van der Waals surface area contributed by atoms with E-state index in [9.17, 15) is 9.65 Å². The van der Waals surface area contributed by atoms with Crippen molar-refractivity contribution in [2.45, 2.75) is 0 Å². The molecule has 0 aliphatic rings. The van der Waals surface area contributed by atoms with Gasteiger partial charge in [-0.3, -0.25) is 0 Å². The van der Waals surface area contributed by atoms with E-state index in [1.54, 1.807) is 19.0 Å². The van der Waals surface area contributed by atoms with E-state index >= 15 is 0 Å². The molecule has 0 saturated heterocycles. The standard InChI is InChI=1S/C14H9ClFN3O/c1-19(2)7-6-12-9(8-17)14(18-20-12)13-10(15)4-3-5-11(13)16/h3-5H,1-2H3. The van der Waals surface area contributed by atoms with Gasteiger partial charge >= 0.3 is 0 Å². The Morgan fingerprint density at radius 2 is 2.15 bits per heavy atom. The van der Waals surface area contributed by atoms with Gasteiger partial charge in [0.1, 0.15) is 23.1 Å². The smallest absolute Gasteiger partial charge is 0.229 e. The Kier molecular flexibility index (Phi) is 3.93. The summed E-state index contributed by atoms with van der Waals surface area (Å²) in [4.78, 5) is 1.60. The van der Waals surface area contributed by atoms with Crippen molar-refractivity contribution in [1.29, 1.82) is 5.26 Å². The summed E-state index contributed by atoms with van der Waals surface area (Å²) in [5.41, 5.74) is 0.150. The zero-order valence-corrected chi connectivity index (χ0v) is 11.5. The second kappa shape index (κ2) is 5.64. The summed E-state index contributed by atoms with van der Waals surface area (Å²) in [5.74, 6) is 2.16. The van der Waals surface area contributed by atoms with Gasteiger partial charge in [-0.15, -0.1) is 0 Å². The van der Waals surface area contributed by atoms with Gasteiger partial charge < -0.3 is 9.42 Å². The summed E-state index contributed by atoms with van der Waals surface area (Å²) in [6.45, 7) is 0. The number of benzene rings is 1. The molecule has 2 aromatic rings. The molecule has 4 nitrogen and oxygen atoms in total. The van der Waals surface area contributed by atoms with Crippen LogP contribution in [0.3, 0.4) is 0 Å². The number of nitrogens with zero attached hydrogens (tertiary/aromatic N) is 3. The number of nitriles is 1. The zero-order chi connectivity index (χ0) is 14.7. The van der Waals surface area contributed by atoms with Crippen LogP contribution in [0.1, 0.15) is 11.3 Å². The van der Waals surface area contributed by atoms with Crippen molar-refractivity contribution >= 4 is 11.6 Å². The lowest BCUT2D eigenvalue weighted by atomic mass is 10.1. The van der Waals surface area contributed by atoms with Gasteiger partial charge in [-0.05, 0) is 18.1 Å². The van der Waals surface area contributed by atoms with E-state index in [4.69, 9.17) is 16.1 Å². The highest BCUT2D eigenvalue weighted by atomic mass is 35.5. The van der Waals surface area contributed by atoms with E-state index in [0.717, 1.165) is 0 Å². The minimum absolute atomic E-state index is 0.0346. The topological polar surface area (TPSA) is 53.1 Å². The van der Waals surface area contributed by atoms with Gasteiger partial charge in [0.2, 0.25) is 5.76 Å². The molecule has 0 saturated carbocycles. The third-order valence-electron chi connectivity index (χ3n) is 2.40. The van der Waals surface area contributed by atoms with Crippen LogP contribution in [0.25, 0.3) is 11.3 Å². The molecule has 1 heterocycles. The monoisotopic (exact) mass is 289 g/mol. The summed E-state index contributed by atoms with van der Waals surface area (Å²) < 4.78 is 18.9. The second-order valence-corrected chi connectivity index (χ2v) is 4.48. The largest absolute Gasteiger partial charge is 0.346 e. The summed E-state index contributed by atoms with van der Waals surface area (Å²) >= 11 is 5.95. The van der Waals surface area contributed by atoms with Gasteiger partial charge in [-0.2, -0.15) is 5.26 Å². The summed E-state index contributed by atoms with van der Waals surface area (Å²) in [6.07, 6.45) is 0. The SMILES string of the molecule is CN(C)C#Cc1onc(-c2c(F)cccc2Cl)c1C#N. The Labute approximate surface area is 120 Å². The Bertz CT molecular complexity index is 730. The van der Waals surface area contributed by atoms with Crippen LogP contribution in [0.4, 0.5) is 4.39 Å². The average molecular weight is 290 g/mol. The third-order valence-corrected chi connectivity index (χ3v) is 2.71. The molecule has 6 heteroatoms. The van der Waals surface area contributed by atoms with Crippen molar-refractivity contribution in [2.24, 2.45) is 0 Å². The molecule has 0 fully saturated rings. The van der Waals surface area contributed by atoms with Crippen LogP contribution in [0.15, 0.2) is 22.7 Å². The maximum Gasteiger partial charge on any atom is 0.229 e. The molecule has 1 aromatic heterocycles. The predicted octanol–water partition coefficient (Wildman–Crippen LogP) is 2.88. The van der Waals surface area contributed by atoms with Crippen LogP contribution in [0, 0.1) is 29.1 Å². The Morgan fingerprint density at radius 1 is 1.40 bits per heavy atom. The molecule has 0 atom stereocenters. The van der Waals surface area contributed by atoms with Crippen LogP contribution >= 0.6 is 11.6 Å². The molecule has 20 heavy (non-hydrogen) atoms. The molecule has 1 aromatic carbocycles. The van der Waals surface area contributed by atoms with Crippen molar-refractivity contribution in [1.82, 2.24) is 10.1 Å². The Morgan fingerprint density at radius 3 is 2.75 bits per heavy atom. The molecule has 0 aliphatic heterocycles. The lowest BCUT2D eigenvalue weighted by Crippen LogP contribution is -2.00. The maximum atomic E-state index is 13.9. The number of rotatable bonds is 1. The van der Waals surface area contributed by atoms with Crippen molar-refractivity contribution < 1.29 is 8.91 Å². The number of hydrogen-bond donors (Lipinski definition) is 0. The van der Waals surface area contributed by atoms with Crippen LogP contribution in [0.5, 0.6) is 0 Å². The van der Waals surface area contributed by atoms with Crippen LogP contribution in [-0.4, -0.2) is 24.2 Å². The third kappa shape index (κ3) is 2.59. The van der Waals surface area contributed by atoms with Gasteiger partial charge in [-0.25, -0.2) is 4.39 Å². The lowest BCUT2D eigenvalue weighted by Gasteiger charge is -2.01. The first kappa shape index (κ1) is 13.9. The molecule has 0 radical (unpaired) electrons. The summed E-state index contributed by atoms with van der Waals surface area (Å²) in [7, 11) is 3.48. The molecular weight excluding hydrogens is 281 g/mol. The highest BCUT2D eigenvalue weighted by Crippen LogP contribution is 2.32. The maximum absolute atomic E-state index is 13.9. The molecule has 0 spiro atoms. The van der Waals surface area contributed by atoms with E-state index in [-0.39, 0.29) is 27.6 Å². The van der Waals surface area contributed by atoms with Gasteiger partial charge in [0.15, 0.2) is 0 Å². The predicted molar refractivity (Wildman–Crippen MR) is 72.2 cm³/mol. The first-order chi connectivity index (χ1) is 9.54. The summed E-state index contributed by atoms with van der Waals surface area (Å²) in [6, 6.07) is 8.85. The highest BCUT2D eigenvalue weighted by molar-refractivity contribution is 6.33. The van der Waals surface area contributed by atoms with Crippen molar-refractivity contribution in [3.05, 3.63) is 40.4 Å². The van der Waals surface area contributed by atoms with E-state index < -0.39 is 5.82 Å². The molecule has 0 bridgehead atoms. The van der Waals surface area contributed by atoms with Gasteiger partial charge in [0.05, 0.1) is 10.6 Å². The molecule has 0 aliphatic carbocycles. The first-order valence-corrected chi connectivity index (χ1v) is 5.95. The second-order valence-electron chi connectivity index (χ2n) is 4.07. The lowest BCUT2D eigenvalue weighted by molar-refractivity contribution is 0.412. The fourth-order valence-electron chi connectivity index (χ4n) is 1.54. The zero-order valence-electron chi connectivity index (χ0n) is 10.7. The quantitative estimate of drug-likeness (QED) is 0.598. The fourth-order valence-corrected chi connectivity index (χ4v) is 1.79. The Balaban J connectivity index is 2.61. The van der Waals surface area contributed by atoms with Gasteiger partial charge in [-0.1, -0.05) is 22.8 Å². The molecular formula is C14H9ClFN3O. The minimum atomic E-state index is -0.575. The first-order valence-electron chi connectivity index (χ1n) is 5.57. The number of halogens is 2. The number of aromatic nitrogens is 1. The minimum Gasteiger partial charge on any atom is -0.346 e. The summed E-state index contributed by atoms with van der Waals surface area (Å²) in [5, 5.41) is 13.1. The molecule has 0 unspecified atom stereocenters. The van der Waals surface area contributed by atoms with E-state index in [1.807, 2.05) is 6.07 Å². The van der Waals surface area contributed by atoms with Gasteiger partial charge in [0.25, 0.3) is 0 Å². The number of hydrogen-bond acceptors (Lipinski definition) is 4. The highest BCUT2D eigenvalue weighted by Gasteiger charge is 2.21. The van der Waals surface area contributed by atoms with Crippen LogP contribution < -0.4 is 0 Å². The van der Waals surface area contributed by atoms with E-state index in [1.165, 1.54) is 18.2 Å². The molecule has 0 N–H and O–H groups in total. The Hall–Kier alpha value is -2.50. The van der Waals surface area contributed by atoms with E-state index in [2.05, 4.69) is 17.1 Å². The van der Waals surface area contributed by atoms with Crippen molar-refractivity contribution in [2.75, 3.05) is 14.1 Å². The van der Waals surface area contributed by atoms with E-state index in [0.29, 0.717) is 0 Å². The van der Waals surface area contributed by atoms with Crippen molar-refractivity contribution in [3.63, 3.8) is 0 Å². The fraction of sp³-hybridized carbons (Fsp3) is 0.143. The molecule has 2 rings (SSSR count). The molecule has 0 amide bonds. The van der Waals surface area contributed by atoms with Crippen molar-refractivity contribution in [3.8, 4) is 29.3 Å². The van der Waals surface area contributed by atoms with Gasteiger partial charge in [0, 0.05) is 20.1 Å². The normalized spacial score (nSPS) is 9.55. The van der Waals surface area contributed by atoms with Crippen LogP contribution in [-0.2, 0) is 0 Å². The average Bonchev–Trinajstić information content (AvgIpc) is 2.79.